The fourth-order valence-electron chi connectivity index (χ4n) is 3.75. The van der Waals surface area contributed by atoms with Crippen molar-refractivity contribution in [3.05, 3.63) is 82.7 Å². The smallest absolute Gasteiger partial charge is 0.263 e. The zero-order valence-electron chi connectivity index (χ0n) is 17.8. The van der Waals surface area contributed by atoms with Crippen LogP contribution >= 0.6 is 11.3 Å². The summed E-state index contributed by atoms with van der Waals surface area (Å²) in [5.74, 6) is 0.128. The highest BCUT2D eigenvalue weighted by molar-refractivity contribution is 7.93. The molecule has 8 nitrogen and oxygen atoms in total. The summed E-state index contributed by atoms with van der Waals surface area (Å²) in [6, 6.07) is 14.0. The second kappa shape index (κ2) is 8.99. The van der Waals surface area contributed by atoms with Crippen molar-refractivity contribution in [2.75, 3.05) is 11.3 Å². The SMILES string of the molecule is O=C(Cc1csc(NS(=O)(=O)c2ccccc2)n1)N1CCc2c(noc2-c2ccc(F)cc2)C1. The molecule has 0 atom stereocenters. The van der Waals surface area contributed by atoms with E-state index in [1.807, 2.05) is 0 Å². The van der Waals surface area contributed by atoms with Gasteiger partial charge in [-0.05, 0) is 42.8 Å². The maximum absolute atomic E-state index is 13.2. The second-order valence-corrected chi connectivity index (χ2v) is 10.3. The third-order valence-corrected chi connectivity index (χ3v) is 7.75. The van der Waals surface area contributed by atoms with Crippen LogP contribution in [0.4, 0.5) is 9.52 Å². The summed E-state index contributed by atoms with van der Waals surface area (Å²) >= 11 is 1.12. The van der Waals surface area contributed by atoms with Gasteiger partial charge >= 0.3 is 0 Å². The minimum absolute atomic E-state index is 0.0432. The number of fused-ring (bicyclic) bond motifs is 1. The van der Waals surface area contributed by atoms with Crippen LogP contribution in [-0.4, -0.2) is 35.9 Å². The molecule has 11 heteroatoms. The lowest BCUT2D eigenvalue weighted by Gasteiger charge is -2.25. The van der Waals surface area contributed by atoms with Crippen LogP contribution in [0.15, 0.2) is 69.4 Å². The van der Waals surface area contributed by atoms with E-state index < -0.39 is 10.0 Å². The van der Waals surface area contributed by atoms with Gasteiger partial charge in [0.05, 0.1) is 23.6 Å². The number of rotatable bonds is 6. The molecular weight excluding hydrogens is 479 g/mol. The van der Waals surface area contributed by atoms with Crippen molar-refractivity contribution in [2.24, 2.45) is 0 Å². The van der Waals surface area contributed by atoms with Gasteiger partial charge in [-0.3, -0.25) is 9.52 Å². The molecule has 2 aromatic carbocycles. The Morgan fingerprint density at radius 2 is 1.91 bits per heavy atom. The van der Waals surface area contributed by atoms with Gasteiger partial charge in [0.1, 0.15) is 11.5 Å². The molecule has 174 valence electrons. The molecule has 5 rings (SSSR count). The van der Waals surface area contributed by atoms with Crippen molar-refractivity contribution in [2.45, 2.75) is 24.3 Å². The highest BCUT2D eigenvalue weighted by Crippen LogP contribution is 2.31. The van der Waals surface area contributed by atoms with Crippen molar-refractivity contribution in [3.63, 3.8) is 0 Å². The number of nitrogens with zero attached hydrogens (tertiary/aromatic N) is 3. The summed E-state index contributed by atoms with van der Waals surface area (Å²) in [5, 5.41) is 5.98. The first-order valence-electron chi connectivity index (χ1n) is 10.4. The maximum atomic E-state index is 13.2. The fraction of sp³-hybridized carbons (Fsp3) is 0.174. The van der Waals surface area contributed by atoms with E-state index in [-0.39, 0.29) is 28.2 Å². The number of nitrogens with one attached hydrogen (secondary N) is 1. The van der Waals surface area contributed by atoms with Crippen molar-refractivity contribution in [1.29, 1.82) is 0 Å². The highest BCUT2D eigenvalue weighted by Gasteiger charge is 2.27. The number of hydrogen-bond acceptors (Lipinski definition) is 7. The summed E-state index contributed by atoms with van der Waals surface area (Å²) in [5.41, 5.74) is 2.82. The van der Waals surface area contributed by atoms with Gasteiger partial charge in [0.25, 0.3) is 10.0 Å². The lowest BCUT2D eigenvalue weighted by molar-refractivity contribution is -0.131. The average Bonchev–Trinajstić information content (AvgIpc) is 3.46. The first kappa shape index (κ1) is 22.2. The van der Waals surface area contributed by atoms with Crippen LogP contribution in [0.5, 0.6) is 0 Å². The van der Waals surface area contributed by atoms with Crippen LogP contribution in [0.2, 0.25) is 0 Å². The van der Waals surface area contributed by atoms with Crippen LogP contribution < -0.4 is 4.72 Å². The normalized spacial score (nSPS) is 13.5. The largest absolute Gasteiger partial charge is 0.356 e. The van der Waals surface area contributed by atoms with Gasteiger partial charge in [-0.1, -0.05) is 23.4 Å². The second-order valence-electron chi connectivity index (χ2n) is 7.75. The molecule has 1 aliphatic heterocycles. The topological polar surface area (TPSA) is 105 Å². The minimum atomic E-state index is -3.74. The third-order valence-electron chi connectivity index (χ3n) is 5.46. The Balaban J connectivity index is 1.23. The number of halogens is 1. The lowest BCUT2D eigenvalue weighted by Crippen LogP contribution is -2.37. The number of anilines is 1. The van der Waals surface area contributed by atoms with E-state index in [1.54, 1.807) is 40.6 Å². The van der Waals surface area contributed by atoms with Crippen LogP contribution in [0.25, 0.3) is 11.3 Å². The zero-order chi connectivity index (χ0) is 23.7. The number of thiazole rings is 1. The molecule has 0 saturated carbocycles. The van der Waals surface area contributed by atoms with E-state index in [0.717, 1.165) is 22.5 Å². The first-order chi connectivity index (χ1) is 16.4. The molecule has 0 fully saturated rings. The molecule has 0 spiro atoms. The van der Waals surface area contributed by atoms with Gasteiger partial charge in [0.2, 0.25) is 5.91 Å². The van der Waals surface area contributed by atoms with Gasteiger partial charge < -0.3 is 9.42 Å². The number of amides is 1. The number of carbonyl (C=O) groups excluding carboxylic acids is 1. The van der Waals surface area contributed by atoms with Gasteiger partial charge in [-0.2, -0.15) is 0 Å². The summed E-state index contributed by atoms with van der Waals surface area (Å²) in [7, 11) is -3.74. The fourth-order valence-corrected chi connectivity index (χ4v) is 5.73. The van der Waals surface area contributed by atoms with Crippen molar-refractivity contribution < 1.29 is 22.1 Å². The molecule has 34 heavy (non-hydrogen) atoms. The predicted molar refractivity (Wildman–Crippen MR) is 124 cm³/mol. The minimum Gasteiger partial charge on any atom is -0.356 e. The van der Waals surface area contributed by atoms with Crippen molar-refractivity contribution >= 4 is 32.4 Å². The summed E-state index contributed by atoms with van der Waals surface area (Å²) < 4.78 is 46.1. The maximum Gasteiger partial charge on any atom is 0.263 e. The molecule has 0 saturated heterocycles. The Labute approximate surface area is 199 Å². The lowest BCUT2D eigenvalue weighted by atomic mass is 10.0. The molecule has 1 amide bonds. The number of sulfonamides is 1. The van der Waals surface area contributed by atoms with E-state index in [9.17, 15) is 17.6 Å². The van der Waals surface area contributed by atoms with Crippen LogP contribution in [0.3, 0.4) is 0 Å². The first-order valence-corrected chi connectivity index (χ1v) is 12.8. The Hall–Kier alpha value is -3.57. The Morgan fingerprint density at radius 3 is 2.68 bits per heavy atom. The Kier molecular flexibility index (Phi) is 5.88. The summed E-state index contributed by atoms with van der Waals surface area (Å²) in [4.78, 5) is 18.9. The van der Waals surface area contributed by atoms with E-state index in [1.165, 1.54) is 24.3 Å². The molecule has 0 radical (unpaired) electrons. The number of carbonyl (C=O) groups is 1. The molecule has 1 N–H and O–H groups in total. The van der Waals surface area contributed by atoms with Crippen molar-refractivity contribution in [1.82, 2.24) is 15.0 Å². The van der Waals surface area contributed by atoms with Gasteiger partial charge in [-0.25, -0.2) is 17.8 Å². The van der Waals surface area contributed by atoms with E-state index >= 15 is 0 Å². The molecule has 0 bridgehead atoms. The molecular formula is C23H19FN4O4S2. The zero-order valence-corrected chi connectivity index (χ0v) is 19.4. The molecule has 0 aliphatic carbocycles. The standard InChI is InChI=1S/C23H19FN4O4S2/c24-16-8-6-15(7-9-16)22-19-10-11-28(13-20(19)26-32-22)21(29)12-17-14-33-23(25-17)27-34(30,31)18-4-2-1-3-5-18/h1-9,14H,10-13H2,(H,25,27). The number of hydrogen-bond donors (Lipinski definition) is 1. The van der Waals surface area contributed by atoms with E-state index in [4.69, 9.17) is 4.52 Å². The Morgan fingerprint density at radius 1 is 1.15 bits per heavy atom. The van der Waals surface area contributed by atoms with E-state index in [2.05, 4.69) is 14.9 Å². The molecule has 0 unspecified atom stereocenters. The van der Waals surface area contributed by atoms with Crippen LogP contribution in [0.1, 0.15) is 17.0 Å². The van der Waals surface area contributed by atoms with Crippen molar-refractivity contribution in [3.8, 4) is 11.3 Å². The van der Waals surface area contributed by atoms with Gasteiger partial charge in [-0.15, -0.1) is 11.3 Å². The highest BCUT2D eigenvalue weighted by atomic mass is 32.2. The summed E-state index contributed by atoms with van der Waals surface area (Å²) in [6.45, 7) is 0.787. The molecule has 4 aromatic rings. The number of aromatic nitrogens is 2. The molecule has 3 heterocycles. The molecule has 1 aliphatic rings. The van der Waals surface area contributed by atoms with E-state index in [0.29, 0.717) is 36.7 Å². The number of benzene rings is 2. The summed E-state index contributed by atoms with van der Waals surface area (Å²) in [6.07, 6.45) is 0.609. The van der Waals surface area contributed by atoms with Gasteiger partial charge in [0.15, 0.2) is 10.9 Å². The Bertz CT molecular complexity index is 1430. The monoisotopic (exact) mass is 498 g/mol. The average molecular weight is 499 g/mol. The van der Waals surface area contributed by atoms with Crippen LogP contribution in [0, 0.1) is 5.82 Å². The molecule has 2 aromatic heterocycles. The van der Waals surface area contributed by atoms with Gasteiger partial charge in [0, 0.05) is 23.1 Å². The third kappa shape index (κ3) is 4.57. The van der Waals surface area contributed by atoms with Crippen LogP contribution in [-0.2, 0) is 34.2 Å². The predicted octanol–water partition coefficient (Wildman–Crippen LogP) is 3.87. The quantitative estimate of drug-likeness (QED) is 0.433.